The second-order valence-electron chi connectivity index (χ2n) is 16.8. The number of para-hydroxylation sites is 3. The number of aromatic nitrogens is 1. The molecule has 2 heteroatoms. The Kier molecular flexibility index (Phi) is 7.85. The number of benzene rings is 10. The van der Waals surface area contributed by atoms with Gasteiger partial charge in [-0.25, -0.2) is 0 Å². The molecule has 1 aromatic heterocycles. The van der Waals surface area contributed by atoms with E-state index in [0.717, 1.165) is 17.1 Å². The summed E-state index contributed by atoms with van der Waals surface area (Å²) in [6.45, 7) is 0. The summed E-state index contributed by atoms with van der Waals surface area (Å²) >= 11 is 0. The second-order valence-corrected chi connectivity index (χ2v) is 16.8. The molecule has 0 saturated carbocycles. The van der Waals surface area contributed by atoms with Gasteiger partial charge in [-0.3, -0.25) is 0 Å². The molecule has 1 aliphatic carbocycles. The molecule has 0 N–H and O–H groups in total. The van der Waals surface area contributed by atoms with Gasteiger partial charge in [0, 0.05) is 27.8 Å². The fourth-order valence-electron chi connectivity index (χ4n) is 10.9. The van der Waals surface area contributed by atoms with E-state index < -0.39 is 5.41 Å². The molecule has 1 aliphatic heterocycles. The van der Waals surface area contributed by atoms with E-state index in [1.54, 1.807) is 0 Å². The largest absolute Gasteiger partial charge is 0.311 e. The summed E-state index contributed by atoms with van der Waals surface area (Å²) in [7, 11) is 0. The van der Waals surface area contributed by atoms with Gasteiger partial charge in [0.25, 0.3) is 0 Å². The average Bonchev–Trinajstić information content (AvgIpc) is 3.86. The van der Waals surface area contributed by atoms with Crippen LogP contribution in [0.4, 0.5) is 17.1 Å². The van der Waals surface area contributed by atoms with Crippen molar-refractivity contribution in [3.05, 3.63) is 265 Å². The van der Waals surface area contributed by atoms with Crippen molar-refractivity contribution in [1.29, 1.82) is 0 Å². The first kappa shape index (κ1) is 35.5. The third-order valence-corrected chi connectivity index (χ3v) is 13.6. The van der Waals surface area contributed by atoms with Crippen LogP contribution in [0.5, 0.6) is 0 Å². The fourth-order valence-corrected chi connectivity index (χ4v) is 10.9. The Bertz CT molecular complexity index is 3450. The van der Waals surface area contributed by atoms with Crippen LogP contribution in [0.25, 0.3) is 72.0 Å². The van der Waals surface area contributed by atoms with E-state index in [0.29, 0.717) is 0 Å². The van der Waals surface area contributed by atoms with Crippen molar-refractivity contribution in [1.82, 2.24) is 4.57 Å². The number of nitrogens with zero attached hydrogens (tertiary/aromatic N) is 2. The van der Waals surface area contributed by atoms with Gasteiger partial charge in [-0.2, -0.15) is 0 Å². The minimum atomic E-state index is -0.489. The first-order valence-corrected chi connectivity index (χ1v) is 21.8. The summed E-state index contributed by atoms with van der Waals surface area (Å²) in [5, 5.41) is 2.58. The molecule has 13 rings (SSSR count). The third-order valence-electron chi connectivity index (χ3n) is 13.6. The molecule has 11 aromatic rings. The minimum absolute atomic E-state index is 0.489. The maximum absolute atomic E-state index is 2.51. The Morgan fingerprint density at radius 2 is 0.762 bits per heavy atom. The standard InChI is InChI=1S/C61H40N2/c1-3-14-41(15-4-1)43-26-33-47(34-27-43)62(48-35-28-44(29-36-48)42-16-5-2-6-17-42)49-37-30-45(31-38-49)46-32-39-51-50-18-7-9-21-54(50)61(57(51)40-46)55-22-10-12-25-59(55)63-58-24-11-8-19-52(58)53-20-13-23-56(61)60(53)63/h1-40H. The SMILES string of the molecule is c1ccc(-c2ccc(N(c3ccc(-c4ccccc4)cc3)c3ccc(-c4ccc5c(c4)C4(c6ccccc6-5)c5ccccc5-n5c6ccccc6c6cccc4c65)cc3)cc2)cc1. The van der Waals surface area contributed by atoms with Crippen molar-refractivity contribution in [2.24, 2.45) is 0 Å². The summed E-state index contributed by atoms with van der Waals surface area (Å²) in [5.41, 5.74) is 21.7. The van der Waals surface area contributed by atoms with Crippen molar-refractivity contribution in [3.8, 4) is 50.2 Å². The van der Waals surface area contributed by atoms with Crippen LogP contribution in [0.3, 0.4) is 0 Å². The van der Waals surface area contributed by atoms with Gasteiger partial charge in [-0.05, 0) is 121 Å². The summed E-state index contributed by atoms with van der Waals surface area (Å²) in [5.74, 6) is 0. The molecule has 0 bridgehead atoms. The molecular formula is C61H40N2. The van der Waals surface area contributed by atoms with Crippen LogP contribution in [-0.2, 0) is 5.41 Å². The molecule has 1 atom stereocenters. The van der Waals surface area contributed by atoms with E-state index in [9.17, 15) is 0 Å². The maximum atomic E-state index is 2.51. The van der Waals surface area contributed by atoms with Crippen molar-refractivity contribution in [2.75, 3.05) is 4.90 Å². The first-order chi connectivity index (χ1) is 31.3. The normalized spacial score (nSPS) is 14.4. The van der Waals surface area contributed by atoms with Crippen molar-refractivity contribution in [3.63, 3.8) is 0 Å². The zero-order valence-corrected chi connectivity index (χ0v) is 34.5. The Morgan fingerprint density at radius 3 is 1.41 bits per heavy atom. The molecule has 294 valence electrons. The zero-order valence-electron chi connectivity index (χ0n) is 34.5. The van der Waals surface area contributed by atoms with Gasteiger partial charge >= 0.3 is 0 Å². The van der Waals surface area contributed by atoms with E-state index in [1.807, 2.05) is 0 Å². The average molecular weight is 801 g/mol. The van der Waals surface area contributed by atoms with E-state index in [4.69, 9.17) is 0 Å². The Balaban J connectivity index is 0.952. The van der Waals surface area contributed by atoms with Crippen LogP contribution in [-0.4, -0.2) is 4.57 Å². The highest BCUT2D eigenvalue weighted by molar-refractivity contribution is 6.13. The predicted octanol–water partition coefficient (Wildman–Crippen LogP) is 15.9. The summed E-state index contributed by atoms with van der Waals surface area (Å²) < 4.78 is 2.51. The Hall–Kier alpha value is -8.20. The molecule has 0 amide bonds. The molecule has 0 radical (unpaired) electrons. The summed E-state index contributed by atoms with van der Waals surface area (Å²) in [6.07, 6.45) is 0. The Morgan fingerprint density at radius 1 is 0.302 bits per heavy atom. The van der Waals surface area contributed by atoms with Crippen molar-refractivity contribution < 1.29 is 0 Å². The van der Waals surface area contributed by atoms with Crippen molar-refractivity contribution in [2.45, 2.75) is 5.41 Å². The molecule has 2 nitrogen and oxygen atoms in total. The predicted molar refractivity (Wildman–Crippen MR) is 263 cm³/mol. The molecule has 0 fully saturated rings. The second kappa shape index (κ2) is 13.9. The number of anilines is 3. The van der Waals surface area contributed by atoms with Crippen LogP contribution in [0.2, 0.25) is 0 Å². The molecule has 1 unspecified atom stereocenters. The monoisotopic (exact) mass is 800 g/mol. The van der Waals surface area contributed by atoms with Crippen LogP contribution in [0.15, 0.2) is 243 Å². The Labute approximate surface area is 367 Å². The number of fused-ring (bicyclic) bond motifs is 12. The lowest BCUT2D eigenvalue weighted by Gasteiger charge is -2.39. The topological polar surface area (TPSA) is 8.17 Å². The van der Waals surface area contributed by atoms with Crippen LogP contribution >= 0.6 is 0 Å². The lowest BCUT2D eigenvalue weighted by molar-refractivity contribution is 0.749. The van der Waals surface area contributed by atoms with Gasteiger partial charge in [0.1, 0.15) is 0 Å². The fraction of sp³-hybridized carbons (Fsp3) is 0.0164. The molecular weight excluding hydrogens is 761 g/mol. The van der Waals surface area contributed by atoms with E-state index >= 15 is 0 Å². The number of hydrogen-bond donors (Lipinski definition) is 0. The summed E-state index contributed by atoms with van der Waals surface area (Å²) in [6, 6.07) is 89.4. The van der Waals surface area contributed by atoms with Crippen molar-refractivity contribution >= 4 is 38.9 Å². The molecule has 2 aliphatic rings. The van der Waals surface area contributed by atoms with Crippen LogP contribution in [0.1, 0.15) is 22.3 Å². The zero-order chi connectivity index (χ0) is 41.5. The highest BCUT2D eigenvalue weighted by Gasteiger charge is 2.50. The minimum Gasteiger partial charge on any atom is -0.311 e. The number of hydrogen-bond acceptors (Lipinski definition) is 1. The summed E-state index contributed by atoms with van der Waals surface area (Å²) in [4.78, 5) is 2.36. The lowest BCUT2D eigenvalue weighted by atomic mass is 9.65. The van der Waals surface area contributed by atoms with Gasteiger partial charge in [0.05, 0.1) is 22.1 Å². The molecule has 1 spiro atoms. The van der Waals surface area contributed by atoms with Crippen LogP contribution in [0, 0.1) is 0 Å². The smallest absolute Gasteiger partial charge is 0.0754 e. The van der Waals surface area contributed by atoms with Gasteiger partial charge in [-0.15, -0.1) is 0 Å². The van der Waals surface area contributed by atoms with Gasteiger partial charge < -0.3 is 9.47 Å². The maximum Gasteiger partial charge on any atom is 0.0754 e. The van der Waals surface area contributed by atoms with E-state index in [1.165, 1.54) is 94.3 Å². The first-order valence-electron chi connectivity index (χ1n) is 21.8. The van der Waals surface area contributed by atoms with Gasteiger partial charge in [0.15, 0.2) is 0 Å². The number of rotatable bonds is 6. The van der Waals surface area contributed by atoms with E-state index in [-0.39, 0.29) is 0 Å². The van der Waals surface area contributed by atoms with Gasteiger partial charge in [0.2, 0.25) is 0 Å². The van der Waals surface area contributed by atoms with Gasteiger partial charge in [-0.1, -0.05) is 188 Å². The highest BCUT2D eigenvalue weighted by Crippen LogP contribution is 2.61. The molecule has 2 heterocycles. The molecule has 0 saturated heterocycles. The quantitative estimate of drug-likeness (QED) is 0.163. The molecule has 10 aromatic carbocycles. The third kappa shape index (κ3) is 5.25. The molecule has 63 heavy (non-hydrogen) atoms. The van der Waals surface area contributed by atoms with Crippen LogP contribution < -0.4 is 4.90 Å². The van der Waals surface area contributed by atoms with E-state index in [2.05, 4.69) is 252 Å². The lowest BCUT2D eigenvalue weighted by Crippen LogP contribution is -2.33. The highest BCUT2D eigenvalue weighted by atomic mass is 15.1.